The second-order valence-electron chi connectivity index (χ2n) is 3.21. The van der Waals surface area contributed by atoms with Crippen LogP contribution >= 0.6 is 0 Å². The molecule has 1 aromatic rings. The van der Waals surface area contributed by atoms with Gasteiger partial charge in [0.1, 0.15) is 5.82 Å². The normalized spacial score (nSPS) is 12.7. The van der Waals surface area contributed by atoms with Crippen molar-refractivity contribution in [3.63, 3.8) is 0 Å². The second kappa shape index (κ2) is 6.48. The first-order chi connectivity index (χ1) is 7.27. The van der Waals surface area contributed by atoms with Crippen LogP contribution in [-0.4, -0.2) is 24.7 Å². The van der Waals surface area contributed by atoms with Gasteiger partial charge in [-0.05, 0) is 25.1 Å². The number of hydrogen-bond acceptors (Lipinski definition) is 3. The molecule has 1 unspecified atom stereocenters. The van der Waals surface area contributed by atoms with Crippen molar-refractivity contribution in [3.8, 4) is 0 Å². The van der Waals surface area contributed by atoms with Gasteiger partial charge >= 0.3 is 0 Å². The van der Waals surface area contributed by atoms with Gasteiger partial charge in [0.25, 0.3) is 0 Å². The molecule has 1 rings (SSSR count). The Morgan fingerprint density at radius 1 is 1.47 bits per heavy atom. The van der Waals surface area contributed by atoms with Crippen molar-refractivity contribution in [2.24, 2.45) is 0 Å². The van der Waals surface area contributed by atoms with Gasteiger partial charge in [-0.25, -0.2) is 4.39 Å². The highest BCUT2D eigenvalue weighted by Gasteiger charge is 2.11. The lowest BCUT2D eigenvalue weighted by Gasteiger charge is -2.17. The molecule has 0 bridgehead atoms. The first-order valence-corrected chi connectivity index (χ1v) is 5.19. The number of hydrogen-bond donors (Lipinski definition) is 1. The van der Waals surface area contributed by atoms with Crippen LogP contribution in [0.1, 0.15) is 25.5 Å². The molecule has 1 N–H and O–H groups in total. The van der Waals surface area contributed by atoms with Gasteiger partial charge in [0.05, 0.1) is 18.8 Å². The first-order valence-electron chi connectivity index (χ1n) is 5.19. The Morgan fingerprint density at radius 3 is 2.87 bits per heavy atom. The van der Waals surface area contributed by atoms with Crippen molar-refractivity contribution in [2.75, 3.05) is 19.8 Å². The van der Waals surface area contributed by atoms with E-state index < -0.39 is 0 Å². The summed E-state index contributed by atoms with van der Waals surface area (Å²) in [6.07, 6.45) is 2.86. The molecule has 0 radical (unpaired) electrons. The van der Waals surface area contributed by atoms with Crippen LogP contribution in [0.4, 0.5) is 4.39 Å². The third-order valence-electron chi connectivity index (χ3n) is 2.07. The van der Waals surface area contributed by atoms with E-state index in [1.165, 1.54) is 12.3 Å². The fraction of sp³-hybridized carbons (Fsp3) is 0.545. The summed E-state index contributed by atoms with van der Waals surface area (Å²) in [5.41, 5.74) is 0.824. The molecule has 0 amide bonds. The van der Waals surface area contributed by atoms with Crippen molar-refractivity contribution in [3.05, 3.63) is 29.8 Å². The van der Waals surface area contributed by atoms with Crippen LogP contribution < -0.4 is 5.32 Å². The largest absolute Gasteiger partial charge is 0.380 e. The van der Waals surface area contributed by atoms with Crippen LogP contribution in [0.2, 0.25) is 0 Å². The zero-order valence-electron chi connectivity index (χ0n) is 9.16. The van der Waals surface area contributed by atoms with Crippen LogP contribution in [0.3, 0.4) is 0 Å². The molecule has 0 aliphatic rings. The standard InChI is InChI=1S/C11H17FN2O/c1-3-14-11(8-15-4-2)9-5-10(12)7-13-6-9/h5-7,11,14H,3-4,8H2,1-2H3. The maximum absolute atomic E-state index is 13.0. The summed E-state index contributed by atoms with van der Waals surface area (Å²) in [5.74, 6) is -0.313. The molecule has 0 aliphatic heterocycles. The zero-order valence-corrected chi connectivity index (χ0v) is 9.16. The second-order valence-corrected chi connectivity index (χ2v) is 3.21. The Balaban J connectivity index is 2.69. The Labute approximate surface area is 89.7 Å². The van der Waals surface area contributed by atoms with Gasteiger partial charge in [0.2, 0.25) is 0 Å². The summed E-state index contributed by atoms with van der Waals surface area (Å²) < 4.78 is 18.3. The van der Waals surface area contributed by atoms with Crippen LogP contribution in [-0.2, 0) is 4.74 Å². The predicted octanol–water partition coefficient (Wildman–Crippen LogP) is 1.91. The molecule has 0 saturated carbocycles. The van der Waals surface area contributed by atoms with Gasteiger partial charge in [0, 0.05) is 12.8 Å². The summed E-state index contributed by atoms with van der Waals surface area (Å²) in [6, 6.07) is 1.50. The maximum atomic E-state index is 13.0. The van der Waals surface area contributed by atoms with E-state index in [1.54, 1.807) is 6.20 Å². The fourth-order valence-electron chi connectivity index (χ4n) is 1.37. The smallest absolute Gasteiger partial charge is 0.141 e. The van der Waals surface area contributed by atoms with E-state index in [4.69, 9.17) is 4.74 Å². The molecule has 4 heteroatoms. The van der Waals surface area contributed by atoms with E-state index in [9.17, 15) is 4.39 Å². The predicted molar refractivity (Wildman–Crippen MR) is 57.1 cm³/mol. The zero-order chi connectivity index (χ0) is 11.1. The molecule has 1 aromatic heterocycles. The molecule has 0 spiro atoms. The molecule has 84 valence electrons. The molecule has 0 aromatic carbocycles. The minimum absolute atomic E-state index is 0.0122. The van der Waals surface area contributed by atoms with Gasteiger partial charge in [0.15, 0.2) is 0 Å². The molecule has 1 heterocycles. The van der Waals surface area contributed by atoms with Gasteiger partial charge in [-0.15, -0.1) is 0 Å². The lowest BCUT2D eigenvalue weighted by atomic mass is 10.1. The number of pyridine rings is 1. The van der Waals surface area contributed by atoms with Crippen LogP contribution in [0.25, 0.3) is 0 Å². The van der Waals surface area contributed by atoms with E-state index in [1.807, 2.05) is 13.8 Å². The molecule has 3 nitrogen and oxygen atoms in total. The number of nitrogens with zero attached hydrogens (tertiary/aromatic N) is 1. The molecule has 1 atom stereocenters. The minimum atomic E-state index is -0.313. The number of aromatic nitrogens is 1. The first kappa shape index (κ1) is 12.1. The van der Waals surface area contributed by atoms with Crippen LogP contribution in [0.5, 0.6) is 0 Å². The van der Waals surface area contributed by atoms with E-state index in [0.717, 1.165) is 12.1 Å². The SMILES string of the molecule is CCNC(COCC)c1cncc(F)c1. The molecule has 0 fully saturated rings. The number of rotatable bonds is 6. The Bertz CT molecular complexity index is 294. The Hall–Kier alpha value is -1.00. The summed E-state index contributed by atoms with van der Waals surface area (Å²) in [5, 5.41) is 3.23. The monoisotopic (exact) mass is 212 g/mol. The number of halogens is 1. The van der Waals surface area contributed by atoms with Crippen molar-refractivity contribution >= 4 is 0 Å². The van der Waals surface area contributed by atoms with E-state index in [-0.39, 0.29) is 11.9 Å². The van der Waals surface area contributed by atoms with E-state index in [0.29, 0.717) is 13.2 Å². The number of likely N-dealkylation sites (N-methyl/N-ethyl adjacent to an activating group) is 1. The average molecular weight is 212 g/mol. The lowest BCUT2D eigenvalue weighted by Crippen LogP contribution is -2.25. The van der Waals surface area contributed by atoms with Gasteiger partial charge < -0.3 is 10.1 Å². The maximum Gasteiger partial charge on any atom is 0.141 e. The number of ether oxygens (including phenoxy) is 1. The van der Waals surface area contributed by atoms with E-state index >= 15 is 0 Å². The van der Waals surface area contributed by atoms with E-state index in [2.05, 4.69) is 10.3 Å². The quantitative estimate of drug-likeness (QED) is 0.782. The third-order valence-corrected chi connectivity index (χ3v) is 2.07. The summed E-state index contributed by atoms with van der Waals surface area (Å²) >= 11 is 0. The van der Waals surface area contributed by atoms with Gasteiger partial charge in [-0.1, -0.05) is 6.92 Å². The molecule has 0 saturated heterocycles. The van der Waals surface area contributed by atoms with Crippen molar-refractivity contribution in [1.82, 2.24) is 10.3 Å². The molecular weight excluding hydrogens is 195 g/mol. The highest BCUT2D eigenvalue weighted by atomic mass is 19.1. The van der Waals surface area contributed by atoms with Crippen LogP contribution in [0.15, 0.2) is 18.5 Å². The molecular formula is C11H17FN2O. The average Bonchev–Trinajstić information content (AvgIpc) is 2.24. The highest BCUT2D eigenvalue weighted by molar-refractivity contribution is 5.15. The minimum Gasteiger partial charge on any atom is -0.380 e. The summed E-state index contributed by atoms with van der Waals surface area (Å²) in [7, 11) is 0. The third kappa shape index (κ3) is 3.93. The Kier molecular flexibility index (Phi) is 5.21. The van der Waals surface area contributed by atoms with Crippen LogP contribution in [0, 0.1) is 5.82 Å². The summed E-state index contributed by atoms with van der Waals surface area (Å²) in [4.78, 5) is 3.82. The number of nitrogens with one attached hydrogen (secondary N) is 1. The van der Waals surface area contributed by atoms with Crippen molar-refractivity contribution in [2.45, 2.75) is 19.9 Å². The molecule has 15 heavy (non-hydrogen) atoms. The summed E-state index contributed by atoms with van der Waals surface area (Å²) in [6.45, 7) is 5.95. The Morgan fingerprint density at radius 2 is 2.27 bits per heavy atom. The van der Waals surface area contributed by atoms with Crippen molar-refractivity contribution in [1.29, 1.82) is 0 Å². The lowest BCUT2D eigenvalue weighted by molar-refractivity contribution is 0.123. The highest BCUT2D eigenvalue weighted by Crippen LogP contribution is 2.13. The fourth-order valence-corrected chi connectivity index (χ4v) is 1.37. The van der Waals surface area contributed by atoms with Gasteiger partial charge in [-0.3, -0.25) is 4.98 Å². The van der Waals surface area contributed by atoms with Gasteiger partial charge in [-0.2, -0.15) is 0 Å². The van der Waals surface area contributed by atoms with Crippen molar-refractivity contribution < 1.29 is 9.13 Å². The topological polar surface area (TPSA) is 34.1 Å². The molecule has 0 aliphatic carbocycles.